The zero-order valence-corrected chi connectivity index (χ0v) is 23.4. The summed E-state index contributed by atoms with van der Waals surface area (Å²) in [6.07, 6.45) is 0.482. The van der Waals surface area contributed by atoms with E-state index in [4.69, 9.17) is 9.47 Å². The zero-order chi connectivity index (χ0) is 28.8. The van der Waals surface area contributed by atoms with Crippen molar-refractivity contribution in [3.63, 3.8) is 0 Å². The van der Waals surface area contributed by atoms with Crippen LogP contribution in [0.5, 0.6) is 11.5 Å². The van der Waals surface area contributed by atoms with Crippen LogP contribution in [0, 0.1) is 5.82 Å². The Morgan fingerprint density at radius 2 is 1.82 bits per heavy atom. The molecule has 1 N–H and O–H groups in total. The number of fused-ring (bicyclic) bond motifs is 1. The summed E-state index contributed by atoms with van der Waals surface area (Å²) >= 11 is 0. The molecule has 0 saturated heterocycles. The Balaban J connectivity index is 0.00000261. The maximum atomic E-state index is 14.6. The molecule has 1 amide bonds. The molecule has 1 aromatic heterocycles. The molecule has 216 valence electrons. The number of amides is 1. The van der Waals surface area contributed by atoms with Gasteiger partial charge < -0.3 is 24.6 Å². The van der Waals surface area contributed by atoms with E-state index in [1.165, 1.54) is 36.1 Å². The Kier molecular flexibility index (Phi) is 13.4. The number of carbonyl (C=O) groups excluding carboxylic acids is 1. The predicted molar refractivity (Wildman–Crippen MR) is 153 cm³/mol. The number of pyridine rings is 1. The molecule has 0 saturated carbocycles. The number of alkyl halides is 2. The molecule has 7 nitrogen and oxygen atoms in total. The summed E-state index contributed by atoms with van der Waals surface area (Å²) in [6.45, 7) is 3.99. The molecular formula is C29H41F3N4O3. The number of halogens is 3. The SMILES string of the molecule is CC.CNCCOc1ccc(-c2cc(N(CF)CCCC(=O)N(C)CCF)c3cc(F)c(OC)cc3n2)cc1.[HH]. The van der Waals surface area contributed by atoms with Gasteiger partial charge >= 0.3 is 0 Å². The van der Waals surface area contributed by atoms with Crippen molar-refractivity contribution in [3.05, 3.63) is 48.3 Å². The number of rotatable bonds is 14. The van der Waals surface area contributed by atoms with Gasteiger partial charge in [-0.2, -0.15) is 0 Å². The topological polar surface area (TPSA) is 66.9 Å². The Morgan fingerprint density at radius 3 is 2.44 bits per heavy atom. The molecule has 0 radical (unpaired) electrons. The van der Waals surface area contributed by atoms with E-state index >= 15 is 0 Å². The third-order valence-electron chi connectivity index (χ3n) is 5.98. The van der Waals surface area contributed by atoms with E-state index in [1.54, 1.807) is 6.07 Å². The van der Waals surface area contributed by atoms with Gasteiger partial charge in [0, 0.05) is 51.5 Å². The van der Waals surface area contributed by atoms with Crippen LogP contribution >= 0.6 is 0 Å². The number of ether oxygens (including phenoxy) is 2. The van der Waals surface area contributed by atoms with Crippen LogP contribution in [-0.4, -0.2) is 76.7 Å². The predicted octanol–water partition coefficient (Wildman–Crippen LogP) is 5.86. The Hall–Kier alpha value is -3.53. The molecule has 39 heavy (non-hydrogen) atoms. The Morgan fingerprint density at radius 1 is 1.10 bits per heavy atom. The lowest BCUT2D eigenvalue weighted by Crippen LogP contribution is -2.30. The van der Waals surface area contributed by atoms with Gasteiger partial charge in [0.15, 0.2) is 18.4 Å². The Labute approximate surface area is 230 Å². The summed E-state index contributed by atoms with van der Waals surface area (Å²) in [4.78, 5) is 19.6. The number of nitrogens with one attached hydrogen (secondary N) is 1. The second kappa shape index (κ2) is 16.4. The average molecular weight is 551 g/mol. The van der Waals surface area contributed by atoms with Crippen molar-refractivity contribution >= 4 is 22.5 Å². The van der Waals surface area contributed by atoms with Crippen molar-refractivity contribution in [1.82, 2.24) is 15.2 Å². The van der Waals surface area contributed by atoms with Gasteiger partial charge in [-0.15, -0.1) is 0 Å². The van der Waals surface area contributed by atoms with Crippen LogP contribution in [0.15, 0.2) is 42.5 Å². The third kappa shape index (κ3) is 8.74. The second-order valence-electron chi connectivity index (χ2n) is 8.50. The molecule has 0 aliphatic carbocycles. The molecule has 2 aromatic carbocycles. The normalized spacial score (nSPS) is 10.6. The minimum absolute atomic E-state index is 0. The fourth-order valence-corrected chi connectivity index (χ4v) is 3.88. The van der Waals surface area contributed by atoms with Crippen LogP contribution in [0.4, 0.5) is 18.9 Å². The van der Waals surface area contributed by atoms with Crippen molar-refractivity contribution in [1.29, 1.82) is 0 Å². The summed E-state index contributed by atoms with van der Waals surface area (Å²) < 4.78 is 52.2. The lowest BCUT2D eigenvalue weighted by molar-refractivity contribution is -0.130. The Bertz CT molecular complexity index is 1190. The molecule has 0 aliphatic rings. The van der Waals surface area contributed by atoms with Crippen molar-refractivity contribution in [2.75, 3.05) is 65.8 Å². The number of methoxy groups -OCH3 is 1. The van der Waals surface area contributed by atoms with E-state index in [0.29, 0.717) is 47.6 Å². The highest BCUT2D eigenvalue weighted by molar-refractivity contribution is 5.95. The molecule has 0 atom stereocenters. The molecule has 0 spiro atoms. The standard InChI is InChI=1S/C27H33F3N4O3.C2H6.H2/c1-31-11-14-37-20-8-6-19(7-9-20)23-16-25(21-15-22(30)26(36-3)17-24(21)32-23)34(18-29)12-4-5-27(35)33(2)13-10-28;1-2;/h6-9,15-17,31H,4-5,10-14,18H2,1-3H3;1-2H3;1H. The van der Waals surface area contributed by atoms with Crippen LogP contribution in [-0.2, 0) is 4.79 Å². The summed E-state index contributed by atoms with van der Waals surface area (Å²) in [5.74, 6) is -0.0681. The van der Waals surface area contributed by atoms with Crippen LogP contribution in [0.1, 0.15) is 28.1 Å². The fourth-order valence-electron chi connectivity index (χ4n) is 3.88. The first-order chi connectivity index (χ1) is 18.9. The minimum Gasteiger partial charge on any atom is -0.494 e. The molecule has 3 aromatic rings. The first-order valence-electron chi connectivity index (χ1n) is 13.1. The minimum atomic E-state index is -0.848. The number of hydrogen-bond donors (Lipinski definition) is 1. The van der Waals surface area contributed by atoms with Crippen LogP contribution < -0.4 is 19.7 Å². The molecular weight excluding hydrogens is 509 g/mol. The van der Waals surface area contributed by atoms with Gasteiger partial charge in [-0.3, -0.25) is 4.79 Å². The lowest BCUT2D eigenvalue weighted by atomic mass is 10.1. The zero-order valence-electron chi connectivity index (χ0n) is 23.4. The maximum Gasteiger partial charge on any atom is 0.222 e. The summed E-state index contributed by atoms with van der Waals surface area (Å²) in [5.41, 5.74) is 2.23. The highest BCUT2D eigenvalue weighted by atomic mass is 19.1. The van der Waals surface area contributed by atoms with Crippen LogP contribution in [0.2, 0.25) is 0 Å². The van der Waals surface area contributed by atoms with E-state index in [1.807, 2.05) is 45.2 Å². The summed E-state index contributed by atoms with van der Waals surface area (Å²) in [5, 5.41) is 3.44. The number of benzene rings is 2. The number of nitrogens with zero attached hydrogens (tertiary/aromatic N) is 3. The van der Waals surface area contributed by atoms with E-state index in [9.17, 15) is 18.0 Å². The van der Waals surface area contributed by atoms with E-state index in [-0.39, 0.29) is 32.6 Å². The van der Waals surface area contributed by atoms with Crippen molar-refractivity contribution in [3.8, 4) is 22.8 Å². The smallest absolute Gasteiger partial charge is 0.222 e. The van der Waals surface area contributed by atoms with E-state index < -0.39 is 19.3 Å². The number of anilines is 1. The number of aromatic nitrogens is 1. The molecule has 0 aliphatic heterocycles. The van der Waals surface area contributed by atoms with E-state index in [2.05, 4.69) is 10.3 Å². The van der Waals surface area contributed by atoms with Crippen molar-refractivity contribution in [2.45, 2.75) is 26.7 Å². The van der Waals surface area contributed by atoms with Gasteiger partial charge in [0.05, 0.1) is 24.0 Å². The van der Waals surface area contributed by atoms with Gasteiger partial charge in [0.2, 0.25) is 5.91 Å². The van der Waals surface area contributed by atoms with Crippen LogP contribution in [0.3, 0.4) is 0 Å². The van der Waals surface area contributed by atoms with Crippen molar-refractivity contribution in [2.24, 2.45) is 0 Å². The van der Waals surface area contributed by atoms with Crippen molar-refractivity contribution < 1.29 is 28.9 Å². The molecule has 0 fully saturated rings. The molecule has 3 rings (SSSR count). The van der Waals surface area contributed by atoms with Gasteiger partial charge in [-0.1, -0.05) is 13.8 Å². The van der Waals surface area contributed by atoms with Crippen LogP contribution in [0.25, 0.3) is 22.2 Å². The van der Waals surface area contributed by atoms with E-state index in [0.717, 1.165) is 5.56 Å². The maximum absolute atomic E-state index is 14.6. The first-order valence-corrected chi connectivity index (χ1v) is 13.1. The largest absolute Gasteiger partial charge is 0.494 e. The monoisotopic (exact) mass is 550 g/mol. The molecule has 1 heterocycles. The third-order valence-corrected chi connectivity index (χ3v) is 5.98. The fraction of sp³-hybridized carbons (Fsp3) is 0.448. The number of likely N-dealkylation sites (N-methyl/N-ethyl adjacent to an activating group) is 1. The summed E-state index contributed by atoms with van der Waals surface area (Å²) in [7, 11) is 4.75. The number of carbonyl (C=O) groups is 1. The van der Waals surface area contributed by atoms with Gasteiger partial charge in [-0.25, -0.2) is 18.2 Å². The second-order valence-corrected chi connectivity index (χ2v) is 8.50. The molecule has 0 unspecified atom stereocenters. The first kappa shape index (κ1) is 31.7. The van der Waals surface area contributed by atoms with Gasteiger partial charge in [-0.05, 0) is 49.9 Å². The highest BCUT2D eigenvalue weighted by Gasteiger charge is 2.18. The quantitative estimate of drug-likeness (QED) is 0.200. The average Bonchev–Trinajstić information content (AvgIpc) is 2.96. The summed E-state index contributed by atoms with van der Waals surface area (Å²) in [6, 6.07) is 11.8. The highest BCUT2D eigenvalue weighted by Crippen LogP contribution is 2.35. The van der Waals surface area contributed by atoms with Gasteiger partial charge in [0.1, 0.15) is 19.0 Å². The molecule has 10 heteroatoms. The lowest BCUT2D eigenvalue weighted by Gasteiger charge is -2.24. The van der Waals surface area contributed by atoms with Gasteiger partial charge in [0.25, 0.3) is 0 Å². The molecule has 0 bridgehead atoms. The number of hydrogen-bond acceptors (Lipinski definition) is 6.